The third-order valence-corrected chi connectivity index (χ3v) is 6.81. The molecular formula is C29H24Cl2O5. The molecule has 7 heteroatoms. The fraction of sp³-hybridized carbons (Fsp3) is 0.138. The summed E-state index contributed by atoms with van der Waals surface area (Å²) >= 11 is 12.4. The second kappa shape index (κ2) is 10.1. The molecule has 0 aliphatic rings. The monoisotopic (exact) mass is 522 g/mol. The number of carbonyl (C=O) groups excluding carboxylic acids is 1. The van der Waals surface area contributed by atoms with Crippen molar-refractivity contribution in [1.29, 1.82) is 0 Å². The van der Waals surface area contributed by atoms with Crippen LogP contribution >= 0.6 is 23.2 Å². The van der Waals surface area contributed by atoms with Crippen LogP contribution in [-0.4, -0.2) is 26.2 Å². The van der Waals surface area contributed by atoms with Crippen LogP contribution < -0.4 is 0 Å². The summed E-state index contributed by atoms with van der Waals surface area (Å²) in [6.07, 6.45) is 0. The number of halogens is 2. The lowest BCUT2D eigenvalue weighted by Gasteiger charge is -2.26. The molecule has 2 unspecified atom stereocenters. The Morgan fingerprint density at radius 1 is 0.583 bits per heavy atom. The van der Waals surface area contributed by atoms with E-state index >= 15 is 0 Å². The molecular weight excluding hydrogens is 499 g/mol. The van der Waals surface area contributed by atoms with Gasteiger partial charge >= 0.3 is 0 Å². The van der Waals surface area contributed by atoms with Gasteiger partial charge in [0.2, 0.25) is 0 Å². The lowest BCUT2D eigenvalue weighted by molar-refractivity contribution is -0.120. The van der Waals surface area contributed by atoms with Crippen molar-refractivity contribution in [1.82, 2.24) is 0 Å². The van der Waals surface area contributed by atoms with Gasteiger partial charge in [-0.1, -0.05) is 82.9 Å². The summed E-state index contributed by atoms with van der Waals surface area (Å²) in [5.74, 6) is -3.63. The van der Waals surface area contributed by atoms with Crippen LogP contribution in [0.4, 0.5) is 0 Å². The maximum atomic E-state index is 14.5. The van der Waals surface area contributed by atoms with E-state index in [-0.39, 0.29) is 50.0 Å². The Kier molecular flexibility index (Phi) is 7.16. The SMILES string of the molecule is Cc1ccc(C(C(=O)C(c2ccc(C)cc2)c2cc(Cl)c(O)cc2O)c2cc(Cl)c(O)cc2O)cc1. The summed E-state index contributed by atoms with van der Waals surface area (Å²) in [4.78, 5) is 14.5. The Labute approximate surface area is 218 Å². The fourth-order valence-electron chi connectivity index (χ4n) is 4.27. The molecule has 4 N–H and O–H groups in total. The summed E-state index contributed by atoms with van der Waals surface area (Å²) < 4.78 is 0. The molecule has 0 saturated heterocycles. The molecule has 0 radical (unpaired) electrons. The highest BCUT2D eigenvalue weighted by molar-refractivity contribution is 6.32. The Bertz CT molecular complexity index is 1320. The molecule has 4 rings (SSSR count). The van der Waals surface area contributed by atoms with Gasteiger partial charge in [-0.3, -0.25) is 4.79 Å². The van der Waals surface area contributed by atoms with Gasteiger partial charge in [-0.05, 0) is 37.1 Å². The molecule has 0 bridgehead atoms. The molecule has 0 saturated carbocycles. The van der Waals surface area contributed by atoms with Crippen molar-refractivity contribution in [3.05, 3.63) is 116 Å². The molecule has 2 atom stereocenters. The van der Waals surface area contributed by atoms with Gasteiger partial charge in [0.1, 0.15) is 23.0 Å². The van der Waals surface area contributed by atoms with Gasteiger partial charge in [0, 0.05) is 23.3 Å². The summed E-state index contributed by atoms with van der Waals surface area (Å²) in [5.41, 5.74) is 3.54. The molecule has 0 aliphatic heterocycles. The fourth-order valence-corrected chi connectivity index (χ4v) is 4.62. The summed E-state index contributed by atoms with van der Waals surface area (Å²) in [7, 11) is 0. The Balaban J connectivity index is 1.98. The molecule has 36 heavy (non-hydrogen) atoms. The third-order valence-electron chi connectivity index (χ3n) is 6.20. The van der Waals surface area contributed by atoms with Crippen LogP contribution in [0.25, 0.3) is 0 Å². The number of phenols is 4. The van der Waals surface area contributed by atoms with Crippen molar-refractivity contribution in [2.75, 3.05) is 0 Å². The molecule has 0 fully saturated rings. The number of benzene rings is 4. The molecule has 0 spiro atoms. The number of Topliss-reactive ketones (excluding diaryl/α,β-unsaturated/α-hetero) is 1. The van der Waals surface area contributed by atoms with Crippen molar-refractivity contribution >= 4 is 29.0 Å². The largest absolute Gasteiger partial charge is 0.507 e. The normalized spacial score (nSPS) is 12.8. The summed E-state index contributed by atoms with van der Waals surface area (Å²) in [6.45, 7) is 3.84. The van der Waals surface area contributed by atoms with E-state index in [0.717, 1.165) is 23.3 Å². The lowest BCUT2D eigenvalue weighted by atomic mass is 9.76. The van der Waals surface area contributed by atoms with Gasteiger partial charge in [0.15, 0.2) is 5.78 Å². The number of phenolic OH excluding ortho intramolecular Hbond substituents is 4. The molecule has 4 aromatic rings. The van der Waals surface area contributed by atoms with Gasteiger partial charge in [-0.2, -0.15) is 0 Å². The third kappa shape index (κ3) is 4.99. The average Bonchev–Trinajstić information content (AvgIpc) is 2.83. The van der Waals surface area contributed by atoms with Crippen molar-refractivity contribution < 1.29 is 25.2 Å². The Morgan fingerprint density at radius 2 is 0.917 bits per heavy atom. The minimum Gasteiger partial charge on any atom is -0.507 e. The van der Waals surface area contributed by atoms with Crippen LogP contribution in [0.5, 0.6) is 23.0 Å². The molecule has 0 aromatic heterocycles. The number of aryl methyl sites for hydroxylation is 2. The van der Waals surface area contributed by atoms with Gasteiger partial charge in [0.25, 0.3) is 0 Å². The van der Waals surface area contributed by atoms with Gasteiger partial charge in [-0.15, -0.1) is 0 Å². The highest BCUT2D eigenvalue weighted by Gasteiger charge is 2.35. The van der Waals surface area contributed by atoms with Crippen LogP contribution in [0.3, 0.4) is 0 Å². The van der Waals surface area contributed by atoms with Crippen molar-refractivity contribution in [3.8, 4) is 23.0 Å². The number of carbonyl (C=O) groups is 1. The first-order valence-corrected chi connectivity index (χ1v) is 11.9. The highest BCUT2D eigenvalue weighted by atomic mass is 35.5. The average molecular weight is 523 g/mol. The number of rotatable bonds is 6. The Hall–Kier alpha value is -3.67. The van der Waals surface area contributed by atoms with Crippen LogP contribution in [-0.2, 0) is 4.79 Å². The zero-order valence-corrected chi connectivity index (χ0v) is 21.0. The highest BCUT2D eigenvalue weighted by Crippen LogP contribution is 2.45. The topological polar surface area (TPSA) is 98.0 Å². The number of ketones is 1. The maximum absolute atomic E-state index is 14.5. The van der Waals surface area contributed by atoms with E-state index in [1.807, 2.05) is 38.1 Å². The second-order valence-electron chi connectivity index (χ2n) is 8.81. The van der Waals surface area contributed by atoms with Crippen LogP contribution in [0.2, 0.25) is 10.0 Å². The minimum absolute atomic E-state index is 0.0184. The molecule has 184 valence electrons. The molecule has 4 aromatic carbocycles. The predicted molar refractivity (Wildman–Crippen MR) is 141 cm³/mol. The summed E-state index contributed by atoms with van der Waals surface area (Å²) in [6, 6.07) is 19.5. The first-order chi connectivity index (χ1) is 17.1. The molecule has 0 heterocycles. The standard InChI is InChI=1S/C29H24Cl2O5/c1-15-3-7-17(8-4-15)27(19-11-21(30)25(34)13-23(19)32)29(36)28(18-9-5-16(2)6-10-18)20-12-22(31)26(35)14-24(20)33/h3-14,27-28,32-35H,1-2H3. The first kappa shape index (κ1) is 25.4. The number of hydrogen-bond donors (Lipinski definition) is 4. The summed E-state index contributed by atoms with van der Waals surface area (Å²) in [5, 5.41) is 41.5. The molecule has 0 amide bonds. The van der Waals surface area contributed by atoms with E-state index in [1.54, 1.807) is 24.3 Å². The van der Waals surface area contributed by atoms with E-state index in [4.69, 9.17) is 23.2 Å². The van der Waals surface area contributed by atoms with Crippen LogP contribution in [0.1, 0.15) is 45.2 Å². The number of aromatic hydroxyl groups is 4. The molecule has 5 nitrogen and oxygen atoms in total. The van der Waals surface area contributed by atoms with Crippen molar-refractivity contribution in [3.63, 3.8) is 0 Å². The Morgan fingerprint density at radius 3 is 1.25 bits per heavy atom. The molecule has 0 aliphatic carbocycles. The smallest absolute Gasteiger partial charge is 0.156 e. The van der Waals surface area contributed by atoms with E-state index in [0.29, 0.717) is 11.1 Å². The number of hydrogen-bond acceptors (Lipinski definition) is 5. The van der Waals surface area contributed by atoms with Crippen molar-refractivity contribution in [2.45, 2.75) is 25.7 Å². The van der Waals surface area contributed by atoms with E-state index in [2.05, 4.69) is 0 Å². The quantitative estimate of drug-likeness (QED) is 0.219. The minimum atomic E-state index is -1.01. The maximum Gasteiger partial charge on any atom is 0.156 e. The van der Waals surface area contributed by atoms with Gasteiger partial charge < -0.3 is 20.4 Å². The van der Waals surface area contributed by atoms with E-state index in [9.17, 15) is 25.2 Å². The van der Waals surface area contributed by atoms with Crippen LogP contribution in [0, 0.1) is 13.8 Å². The lowest BCUT2D eigenvalue weighted by Crippen LogP contribution is -2.23. The van der Waals surface area contributed by atoms with Gasteiger partial charge in [-0.25, -0.2) is 0 Å². The van der Waals surface area contributed by atoms with Crippen molar-refractivity contribution in [2.24, 2.45) is 0 Å². The van der Waals surface area contributed by atoms with E-state index in [1.165, 1.54) is 12.1 Å². The zero-order valence-electron chi connectivity index (χ0n) is 19.5. The first-order valence-electron chi connectivity index (χ1n) is 11.2. The van der Waals surface area contributed by atoms with Crippen LogP contribution in [0.15, 0.2) is 72.8 Å². The predicted octanol–water partition coefficient (Wildman–Crippen LogP) is 6.97. The van der Waals surface area contributed by atoms with Gasteiger partial charge in [0.05, 0.1) is 21.9 Å². The van der Waals surface area contributed by atoms with E-state index < -0.39 is 11.8 Å². The zero-order chi connectivity index (χ0) is 26.1. The second-order valence-corrected chi connectivity index (χ2v) is 9.63.